The molecule has 0 unspecified atom stereocenters. The highest BCUT2D eigenvalue weighted by atomic mass is 35.5. The van der Waals surface area contributed by atoms with E-state index in [1.54, 1.807) is 12.1 Å². The first-order valence-corrected chi connectivity index (χ1v) is 10.8. The van der Waals surface area contributed by atoms with Crippen molar-refractivity contribution in [1.82, 2.24) is 5.32 Å². The minimum Gasteiger partial charge on any atom is -0.478 e. The first kappa shape index (κ1) is 19.5. The van der Waals surface area contributed by atoms with Crippen molar-refractivity contribution in [3.63, 3.8) is 0 Å². The van der Waals surface area contributed by atoms with Crippen LogP contribution in [0.25, 0.3) is 0 Å². The number of carbonyl (C=O) groups is 1. The number of nitrogens with zero attached hydrogens (tertiary/aromatic N) is 1. The number of halogens is 1. The van der Waals surface area contributed by atoms with Crippen molar-refractivity contribution in [3.8, 4) is 5.75 Å². The Bertz CT molecular complexity index is 934. The van der Waals surface area contributed by atoms with Gasteiger partial charge in [-0.25, -0.2) is 8.42 Å². The van der Waals surface area contributed by atoms with Crippen molar-refractivity contribution in [2.24, 2.45) is 0 Å². The Morgan fingerprint density at radius 2 is 1.96 bits per heavy atom. The quantitative estimate of drug-likeness (QED) is 0.843. The van der Waals surface area contributed by atoms with E-state index in [2.05, 4.69) is 5.32 Å². The molecule has 0 spiro atoms. The summed E-state index contributed by atoms with van der Waals surface area (Å²) >= 11 is 6.02. The number of hydrogen-bond donors (Lipinski definition) is 1. The molecule has 0 saturated carbocycles. The van der Waals surface area contributed by atoms with Crippen LogP contribution in [0.5, 0.6) is 5.75 Å². The van der Waals surface area contributed by atoms with Gasteiger partial charge in [-0.3, -0.25) is 9.10 Å². The van der Waals surface area contributed by atoms with Crippen molar-refractivity contribution in [1.29, 1.82) is 0 Å². The lowest BCUT2D eigenvalue weighted by Crippen LogP contribution is -2.40. The fourth-order valence-electron chi connectivity index (χ4n) is 3.01. The van der Waals surface area contributed by atoms with Gasteiger partial charge in [0, 0.05) is 18.0 Å². The third kappa shape index (κ3) is 4.54. The number of amides is 1. The van der Waals surface area contributed by atoms with Crippen molar-refractivity contribution >= 4 is 33.2 Å². The lowest BCUT2D eigenvalue weighted by Gasteiger charge is -2.21. The Labute approximate surface area is 164 Å². The number of sulfonamides is 1. The molecule has 0 radical (unpaired) electrons. The molecule has 1 amide bonds. The molecule has 0 aromatic heterocycles. The minimum atomic E-state index is -3.53. The average molecular weight is 409 g/mol. The molecular formula is C19H21ClN2O4S. The number of carbonyl (C=O) groups excluding carboxylic acids is 1. The summed E-state index contributed by atoms with van der Waals surface area (Å²) in [5, 5.41) is 3.33. The van der Waals surface area contributed by atoms with Crippen LogP contribution >= 0.6 is 11.6 Å². The van der Waals surface area contributed by atoms with E-state index in [1.165, 1.54) is 10.4 Å². The van der Waals surface area contributed by atoms with E-state index in [4.69, 9.17) is 16.3 Å². The zero-order valence-corrected chi connectivity index (χ0v) is 16.6. The van der Waals surface area contributed by atoms with E-state index in [-0.39, 0.29) is 24.9 Å². The zero-order valence-electron chi connectivity index (χ0n) is 15.1. The van der Waals surface area contributed by atoms with Gasteiger partial charge >= 0.3 is 0 Å². The van der Waals surface area contributed by atoms with Crippen LogP contribution in [0.15, 0.2) is 48.5 Å². The number of fused-ring (bicyclic) bond motifs is 1. The molecular weight excluding hydrogens is 388 g/mol. The standard InChI is InChI=1S/C19H21ClN2O4S/c1-13(14-6-4-3-5-7-14)21-19(23)18-10-11-22(27(2,24)25)16-12-15(20)8-9-17(16)26-18/h3-9,12-13,18H,10-11H2,1-2H3,(H,21,23)/t13-,18+/m1/s1. The molecule has 6 nitrogen and oxygen atoms in total. The normalized spacial score (nSPS) is 18.0. The van der Waals surface area contributed by atoms with Crippen molar-refractivity contribution < 1.29 is 17.9 Å². The Hall–Kier alpha value is -2.25. The Morgan fingerprint density at radius 1 is 1.26 bits per heavy atom. The van der Waals surface area contributed by atoms with Crippen LogP contribution in [0.3, 0.4) is 0 Å². The second-order valence-electron chi connectivity index (χ2n) is 6.48. The van der Waals surface area contributed by atoms with Crippen LogP contribution in [-0.2, 0) is 14.8 Å². The molecule has 1 aliphatic heterocycles. The van der Waals surface area contributed by atoms with Crippen LogP contribution in [0.2, 0.25) is 5.02 Å². The number of ether oxygens (including phenoxy) is 1. The Morgan fingerprint density at radius 3 is 2.63 bits per heavy atom. The lowest BCUT2D eigenvalue weighted by atomic mass is 10.1. The van der Waals surface area contributed by atoms with E-state index in [0.717, 1.165) is 11.8 Å². The van der Waals surface area contributed by atoms with Crippen LogP contribution in [0, 0.1) is 0 Å². The average Bonchev–Trinajstić information content (AvgIpc) is 2.81. The predicted molar refractivity (Wildman–Crippen MR) is 106 cm³/mol. The largest absolute Gasteiger partial charge is 0.478 e. The van der Waals surface area contributed by atoms with Crippen molar-refractivity contribution in [3.05, 3.63) is 59.1 Å². The fourth-order valence-corrected chi connectivity index (χ4v) is 4.12. The van der Waals surface area contributed by atoms with Gasteiger partial charge in [0.15, 0.2) is 6.10 Å². The molecule has 0 saturated heterocycles. The lowest BCUT2D eigenvalue weighted by molar-refractivity contribution is -0.128. The van der Waals surface area contributed by atoms with Gasteiger partial charge in [0.05, 0.1) is 18.0 Å². The third-order valence-corrected chi connectivity index (χ3v) is 5.82. The summed E-state index contributed by atoms with van der Waals surface area (Å²) in [6, 6.07) is 14.1. The van der Waals surface area contributed by atoms with Gasteiger partial charge in [-0.05, 0) is 30.7 Å². The first-order chi connectivity index (χ1) is 12.8. The van der Waals surface area contributed by atoms with Crippen LogP contribution in [0.4, 0.5) is 5.69 Å². The molecule has 0 aliphatic carbocycles. The number of rotatable bonds is 4. The van der Waals surface area contributed by atoms with Crippen LogP contribution < -0.4 is 14.4 Å². The van der Waals surface area contributed by atoms with Crippen LogP contribution in [-0.4, -0.2) is 33.2 Å². The van der Waals surface area contributed by atoms with Gasteiger partial charge in [0.2, 0.25) is 10.0 Å². The van der Waals surface area contributed by atoms with E-state index >= 15 is 0 Å². The molecule has 0 bridgehead atoms. The monoisotopic (exact) mass is 408 g/mol. The molecule has 2 aromatic rings. The van der Waals surface area contributed by atoms with Gasteiger partial charge in [-0.1, -0.05) is 41.9 Å². The van der Waals surface area contributed by atoms with E-state index in [1.807, 2.05) is 37.3 Å². The highest BCUT2D eigenvalue weighted by Gasteiger charge is 2.31. The molecule has 2 aromatic carbocycles. The summed E-state index contributed by atoms with van der Waals surface area (Å²) in [6.07, 6.45) is 0.547. The zero-order chi connectivity index (χ0) is 19.6. The highest BCUT2D eigenvalue weighted by molar-refractivity contribution is 7.92. The van der Waals surface area contributed by atoms with Gasteiger partial charge in [0.25, 0.3) is 5.91 Å². The predicted octanol–water partition coefficient (Wildman–Crippen LogP) is 3.13. The van der Waals surface area contributed by atoms with Crippen molar-refractivity contribution in [2.75, 3.05) is 17.1 Å². The van der Waals surface area contributed by atoms with Gasteiger partial charge in [-0.15, -0.1) is 0 Å². The fraction of sp³-hybridized carbons (Fsp3) is 0.316. The molecule has 0 fully saturated rings. The maximum Gasteiger partial charge on any atom is 0.261 e. The van der Waals surface area contributed by atoms with E-state index in [0.29, 0.717) is 16.5 Å². The van der Waals surface area contributed by atoms with Crippen LogP contribution in [0.1, 0.15) is 24.9 Å². The summed E-state index contributed by atoms with van der Waals surface area (Å²) in [5.41, 5.74) is 1.32. The van der Waals surface area contributed by atoms with Gasteiger partial charge < -0.3 is 10.1 Å². The topological polar surface area (TPSA) is 75.7 Å². The second kappa shape index (κ2) is 7.78. The minimum absolute atomic E-state index is 0.129. The molecule has 1 N–H and O–H groups in total. The van der Waals surface area contributed by atoms with Gasteiger partial charge in [0.1, 0.15) is 5.75 Å². The number of benzene rings is 2. The summed E-state index contributed by atoms with van der Waals surface area (Å²) < 4.78 is 31.4. The Balaban J connectivity index is 1.82. The van der Waals surface area contributed by atoms with Crippen molar-refractivity contribution in [2.45, 2.75) is 25.5 Å². The third-order valence-electron chi connectivity index (χ3n) is 4.40. The summed E-state index contributed by atoms with van der Waals surface area (Å²) in [7, 11) is -3.53. The highest BCUT2D eigenvalue weighted by Crippen LogP contribution is 2.36. The maximum absolute atomic E-state index is 12.7. The smallest absolute Gasteiger partial charge is 0.261 e. The summed E-state index contributed by atoms with van der Waals surface area (Å²) in [4.78, 5) is 12.7. The molecule has 1 heterocycles. The summed E-state index contributed by atoms with van der Waals surface area (Å²) in [6.45, 7) is 2.02. The van der Waals surface area contributed by atoms with E-state index in [9.17, 15) is 13.2 Å². The molecule has 2 atom stereocenters. The molecule has 27 heavy (non-hydrogen) atoms. The molecule has 1 aliphatic rings. The molecule has 8 heteroatoms. The molecule has 3 rings (SSSR count). The second-order valence-corrected chi connectivity index (χ2v) is 8.83. The molecule has 144 valence electrons. The first-order valence-electron chi connectivity index (χ1n) is 8.55. The Kier molecular flexibility index (Phi) is 5.62. The summed E-state index contributed by atoms with van der Waals surface area (Å²) in [5.74, 6) is 0.0254. The van der Waals surface area contributed by atoms with Gasteiger partial charge in [-0.2, -0.15) is 0 Å². The van der Waals surface area contributed by atoms with E-state index < -0.39 is 16.1 Å². The number of nitrogens with one attached hydrogen (secondary N) is 1. The maximum atomic E-state index is 12.7. The number of hydrogen-bond acceptors (Lipinski definition) is 4. The number of anilines is 1. The SMILES string of the molecule is C[C@@H](NC(=O)[C@@H]1CCN(S(C)(=O)=O)c2cc(Cl)ccc2O1)c1ccccc1.